The molecule has 0 atom stereocenters. The first-order valence-electron chi connectivity index (χ1n) is 5.49. The average Bonchev–Trinajstić information content (AvgIpc) is 2.72. The number of Topliss-reactive ketones (excluding diaryl/α,β-unsaturated/α-hetero) is 1. The molecule has 1 aromatic carbocycles. The molecule has 4 heteroatoms. The van der Waals surface area contributed by atoms with Crippen LogP contribution in [0.3, 0.4) is 0 Å². The van der Waals surface area contributed by atoms with Crippen molar-refractivity contribution in [2.75, 3.05) is 0 Å². The third kappa shape index (κ3) is 2.53. The van der Waals surface area contributed by atoms with Gasteiger partial charge in [0, 0.05) is 35.5 Å². The van der Waals surface area contributed by atoms with Gasteiger partial charge in [-0.15, -0.1) is 0 Å². The van der Waals surface area contributed by atoms with E-state index in [0.717, 1.165) is 10.9 Å². The Balaban J connectivity index is 2.11. The molecular weight excluding hydrogens is 218 g/mol. The molecule has 0 aliphatic heterocycles. The van der Waals surface area contributed by atoms with Crippen LogP contribution in [-0.4, -0.2) is 21.8 Å². The summed E-state index contributed by atoms with van der Waals surface area (Å²) in [5, 5.41) is 9.41. The zero-order valence-corrected chi connectivity index (χ0v) is 9.27. The van der Waals surface area contributed by atoms with Gasteiger partial charge in [0.25, 0.3) is 0 Å². The predicted molar refractivity (Wildman–Crippen MR) is 64.1 cm³/mol. The lowest BCUT2D eigenvalue weighted by atomic mass is 10.0. The number of aliphatic carboxylic acids is 1. The van der Waals surface area contributed by atoms with E-state index in [1.54, 1.807) is 6.20 Å². The van der Waals surface area contributed by atoms with Crippen LogP contribution in [0.1, 0.15) is 29.6 Å². The van der Waals surface area contributed by atoms with E-state index in [0.29, 0.717) is 12.0 Å². The molecule has 0 spiro atoms. The number of carbonyl (C=O) groups excluding carboxylic acids is 1. The maximum Gasteiger partial charge on any atom is 0.303 e. The first kappa shape index (κ1) is 11.4. The second-order valence-corrected chi connectivity index (χ2v) is 3.92. The number of aromatic nitrogens is 1. The summed E-state index contributed by atoms with van der Waals surface area (Å²) in [4.78, 5) is 25.3. The normalized spacial score (nSPS) is 10.6. The van der Waals surface area contributed by atoms with E-state index in [1.165, 1.54) is 0 Å². The molecule has 0 aliphatic rings. The number of fused-ring (bicyclic) bond motifs is 1. The van der Waals surface area contributed by atoms with E-state index < -0.39 is 5.97 Å². The quantitative estimate of drug-likeness (QED) is 0.777. The van der Waals surface area contributed by atoms with Crippen molar-refractivity contribution in [2.24, 2.45) is 0 Å². The van der Waals surface area contributed by atoms with Crippen LogP contribution in [0.15, 0.2) is 30.5 Å². The van der Waals surface area contributed by atoms with Gasteiger partial charge in [0.15, 0.2) is 5.78 Å². The van der Waals surface area contributed by atoms with Gasteiger partial charge in [-0.3, -0.25) is 9.59 Å². The van der Waals surface area contributed by atoms with E-state index in [4.69, 9.17) is 5.11 Å². The minimum absolute atomic E-state index is 0.0105. The van der Waals surface area contributed by atoms with Crippen LogP contribution in [0.4, 0.5) is 0 Å². The van der Waals surface area contributed by atoms with Crippen LogP contribution in [0, 0.1) is 0 Å². The zero-order chi connectivity index (χ0) is 12.3. The highest BCUT2D eigenvalue weighted by Gasteiger charge is 2.11. The van der Waals surface area contributed by atoms with Gasteiger partial charge in [-0.25, -0.2) is 0 Å². The highest BCUT2D eigenvalue weighted by molar-refractivity contribution is 6.07. The molecule has 0 unspecified atom stereocenters. The van der Waals surface area contributed by atoms with E-state index in [-0.39, 0.29) is 18.6 Å². The lowest BCUT2D eigenvalue weighted by molar-refractivity contribution is -0.137. The molecule has 2 aromatic rings. The summed E-state index contributed by atoms with van der Waals surface area (Å²) >= 11 is 0. The Morgan fingerprint density at radius 1 is 1.18 bits per heavy atom. The third-order valence-electron chi connectivity index (χ3n) is 2.68. The lowest BCUT2D eigenvalue weighted by Gasteiger charge is -1.98. The molecule has 0 radical (unpaired) electrons. The minimum atomic E-state index is -0.864. The molecule has 0 saturated carbocycles. The van der Waals surface area contributed by atoms with Crippen LogP contribution in [0.25, 0.3) is 10.9 Å². The topological polar surface area (TPSA) is 70.2 Å². The monoisotopic (exact) mass is 231 g/mol. The fourth-order valence-corrected chi connectivity index (χ4v) is 1.84. The number of hydrogen-bond acceptors (Lipinski definition) is 2. The Morgan fingerprint density at radius 2 is 1.94 bits per heavy atom. The van der Waals surface area contributed by atoms with Gasteiger partial charge in [-0.1, -0.05) is 18.2 Å². The van der Waals surface area contributed by atoms with E-state index in [9.17, 15) is 9.59 Å². The molecular formula is C13H13NO3. The highest BCUT2D eigenvalue weighted by atomic mass is 16.4. The van der Waals surface area contributed by atoms with E-state index >= 15 is 0 Å². The van der Waals surface area contributed by atoms with Gasteiger partial charge in [0.2, 0.25) is 0 Å². The molecule has 4 nitrogen and oxygen atoms in total. The van der Waals surface area contributed by atoms with Gasteiger partial charge in [0.1, 0.15) is 0 Å². The molecule has 88 valence electrons. The maximum absolute atomic E-state index is 11.9. The van der Waals surface area contributed by atoms with Crippen LogP contribution >= 0.6 is 0 Å². The molecule has 0 aliphatic carbocycles. The Hall–Kier alpha value is -2.10. The molecule has 0 amide bonds. The summed E-state index contributed by atoms with van der Waals surface area (Å²) in [5.41, 5.74) is 1.57. The average molecular weight is 231 g/mol. The van der Waals surface area contributed by atoms with Crippen LogP contribution < -0.4 is 0 Å². The minimum Gasteiger partial charge on any atom is -0.481 e. The second kappa shape index (κ2) is 4.82. The molecule has 17 heavy (non-hydrogen) atoms. The fraction of sp³-hybridized carbons (Fsp3) is 0.231. The van der Waals surface area contributed by atoms with Gasteiger partial charge in [-0.05, 0) is 12.5 Å². The van der Waals surface area contributed by atoms with Gasteiger partial charge in [0.05, 0.1) is 0 Å². The van der Waals surface area contributed by atoms with Gasteiger partial charge >= 0.3 is 5.97 Å². The molecule has 1 aromatic heterocycles. The number of para-hydroxylation sites is 1. The Kier molecular flexibility index (Phi) is 3.23. The Labute approximate surface area is 98.3 Å². The zero-order valence-electron chi connectivity index (χ0n) is 9.27. The Bertz CT molecular complexity index is 557. The number of hydrogen-bond donors (Lipinski definition) is 2. The maximum atomic E-state index is 11.9. The molecule has 2 rings (SSSR count). The molecule has 1 heterocycles. The van der Waals surface area contributed by atoms with Crippen molar-refractivity contribution in [3.8, 4) is 0 Å². The van der Waals surface area contributed by atoms with Gasteiger partial charge < -0.3 is 10.1 Å². The number of ketones is 1. The van der Waals surface area contributed by atoms with Crippen LogP contribution in [0.5, 0.6) is 0 Å². The summed E-state index contributed by atoms with van der Waals surface area (Å²) in [6, 6.07) is 7.57. The number of H-pyrrole nitrogens is 1. The predicted octanol–water partition coefficient (Wildman–Crippen LogP) is 2.61. The van der Waals surface area contributed by atoms with Crippen molar-refractivity contribution in [3.05, 3.63) is 36.0 Å². The number of carbonyl (C=O) groups is 2. The van der Waals surface area contributed by atoms with Crippen LogP contribution in [-0.2, 0) is 4.79 Å². The number of nitrogens with one attached hydrogen (secondary N) is 1. The third-order valence-corrected chi connectivity index (χ3v) is 2.68. The number of carboxylic acid groups (broad SMARTS) is 1. The molecule has 0 saturated heterocycles. The Morgan fingerprint density at radius 3 is 2.71 bits per heavy atom. The lowest BCUT2D eigenvalue weighted by Crippen LogP contribution is -2.01. The van der Waals surface area contributed by atoms with E-state index in [2.05, 4.69) is 4.98 Å². The summed E-state index contributed by atoms with van der Waals surface area (Å²) in [6.07, 6.45) is 2.38. The second-order valence-electron chi connectivity index (χ2n) is 3.92. The van der Waals surface area contributed by atoms with Crippen molar-refractivity contribution >= 4 is 22.7 Å². The summed E-state index contributed by atoms with van der Waals surface area (Å²) < 4.78 is 0. The van der Waals surface area contributed by atoms with Crippen molar-refractivity contribution in [1.29, 1.82) is 0 Å². The highest BCUT2D eigenvalue weighted by Crippen LogP contribution is 2.19. The first-order valence-corrected chi connectivity index (χ1v) is 5.49. The fourth-order valence-electron chi connectivity index (χ4n) is 1.84. The number of carboxylic acids is 1. The summed E-state index contributed by atoms with van der Waals surface area (Å²) in [6.45, 7) is 0. The molecule has 0 bridgehead atoms. The smallest absolute Gasteiger partial charge is 0.303 e. The number of benzene rings is 1. The van der Waals surface area contributed by atoms with Crippen molar-refractivity contribution < 1.29 is 14.7 Å². The van der Waals surface area contributed by atoms with Crippen molar-refractivity contribution in [2.45, 2.75) is 19.3 Å². The van der Waals surface area contributed by atoms with Crippen molar-refractivity contribution in [3.63, 3.8) is 0 Å². The SMILES string of the molecule is O=C(O)CCCC(=O)c1c[nH]c2ccccc12. The van der Waals surface area contributed by atoms with E-state index in [1.807, 2.05) is 24.3 Å². The number of rotatable bonds is 5. The van der Waals surface area contributed by atoms with Crippen LogP contribution in [0.2, 0.25) is 0 Å². The summed E-state index contributed by atoms with van der Waals surface area (Å²) in [7, 11) is 0. The largest absolute Gasteiger partial charge is 0.481 e. The molecule has 2 N–H and O–H groups in total. The standard InChI is InChI=1S/C13H13NO3/c15-12(6-3-7-13(16)17)10-8-14-11-5-2-1-4-9(10)11/h1-2,4-5,8,14H,3,6-7H2,(H,16,17). The molecule has 0 fully saturated rings. The number of aromatic amines is 1. The first-order chi connectivity index (χ1) is 8.18. The van der Waals surface area contributed by atoms with Gasteiger partial charge in [-0.2, -0.15) is 0 Å². The summed E-state index contributed by atoms with van der Waals surface area (Å²) in [5.74, 6) is -0.875. The van der Waals surface area contributed by atoms with Crippen molar-refractivity contribution in [1.82, 2.24) is 4.98 Å².